The lowest BCUT2D eigenvalue weighted by Crippen LogP contribution is -2.10. The van der Waals surface area contributed by atoms with Gasteiger partial charge < -0.3 is 4.74 Å². The van der Waals surface area contributed by atoms with Crippen molar-refractivity contribution in [2.75, 3.05) is 18.1 Å². The lowest BCUT2D eigenvalue weighted by atomic mass is 10.1. The number of imidazole rings is 1. The van der Waals surface area contributed by atoms with Crippen LogP contribution in [0.25, 0.3) is 5.52 Å². The fourth-order valence-corrected chi connectivity index (χ4v) is 3.05. The number of anilines is 1. The summed E-state index contributed by atoms with van der Waals surface area (Å²) < 4.78 is 31.8. The van der Waals surface area contributed by atoms with E-state index in [1.165, 1.54) is 23.6 Å². The number of fused-ring (bicyclic) bond motifs is 1. The molecule has 0 fully saturated rings. The van der Waals surface area contributed by atoms with Gasteiger partial charge in [-0.1, -0.05) is 6.07 Å². The molecule has 0 unspecified atom stereocenters. The van der Waals surface area contributed by atoms with Gasteiger partial charge in [-0.25, -0.2) is 13.4 Å². The Hall–Kier alpha value is -3.47. The quantitative estimate of drug-likeness (QED) is 0.386. The monoisotopic (exact) mass is 390 g/mol. The number of sulfonamides is 1. The van der Waals surface area contributed by atoms with Crippen LogP contribution in [0, 0.1) is 10.1 Å². The van der Waals surface area contributed by atoms with Gasteiger partial charge in [-0.15, -0.1) is 0 Å². The summed E-state index contributed by atoms with van der Waals surface area (Å²) in [5, 5.41) is 11.0. The van der Waals surface area contributed by atoms with Crippen molar-refractivity contribution in [3.05, 3.63) is 64.1 Å². The van der Waals surface area contributed by atoms with Crippen molar-refractivity contribution in [1.29, 1.82) is 0 Å². The van der Waals surface area contributed by atoms with Gasteiger partial charge in [-0.2, -0.15) is 0 Å². The average molecular weight is 390 g/mol. The van der Waals surface area contributed by atoms with E-state index in [4.69, 9.17) is 4.74 Å². The van der Waals surface area contributed by atoms with Gasteiger partial charge in [0, 0.05) is 17.8 Å². The molecule has 140 valence electrons. The largest absolute Gasteiger partial charge is 0.490 e. The Morgan fingerprint density at radius 2 is 2.04 bits per heavy atom. The fraction of sp³-hybridized carbons (Fsp3) is 0.125. The Balaban J connectivity index is 2.13. The SMILES string of the molecule is COc1cc(C(=O)c2nc(NS(C)(=O)=O)c3ccccn23)ccc1[N+](=O)[O-]. The molecule has 0 saturated carbocycles. The van der Waals surface area contributed by atoms with Gasteiger partial charge in [0.2, 0.25) is 15.8 Å². The second kappa shape index (κ2) is 6.68. The van der Waals surface area contributed by atoms with Gasteiger partial charge in [0.05, 0.1) is 23.8 Å². The summed E-state index contributed by atoms with van der Waals surface area (Å²) in [5.74, 6) is -0.657. The molecule has 3 aromatic rings. The minimum atomic E-state index is -3.60. The zero-order valence-corrected chi connectivity index (χ0v) is 15.1. The highest BCUT2D eigenvalue weighted by Gasteiger charge is 2.23. The number of pyridine rings is 1. The van der Waals surface area contributed by atoms with E-state index in [-0.39, 0.29) is 28.6 Å². The third kappa shape index (κ3) is 3.58. The van der Waals surface area contributed by atoms with Gasteiger partial charge in [0.25, 0.3) is 0 Å². The van der Waals surface area contributed by atoms with Crippen LogP contribution in [0.15, 0.2) is 42.6 Å². The Bertz CT molecular complexity index is 1170. The number of methoxy groups -OCH3 is 1. The molecule has 1 aromatic carbocycles. The van der Waals surface area contributed by atoms with Crippen molar-refractivity contribution >= 4 is 32.8 Å². The second-order valence-electron chi connectivity index (χ2n) is 5.59. The van der Waals surface area contributed by atoms with E-state index < -0.39 is 20.7 Å². The molecule has 0 aliphatic rings. The third-order valence-corrected chi connectivity index (χ3v) is 4.24. The summed E-state index contributed by atoms with van der Waals surface area (Å²) in [6.45, 7) is 0. The third-order valence-electron chi connectivity index (χ3n) is 3.67. The summed E-state index contributed by atoms with van der Waals surface area (Å²) in [5.41, 5.74) is 0.223. The van der Waals surface area contributed by atoms with Crippen molar-refractivity contribution < 1.29 is 22.9 Å². The molecule has 0 bridgehead atoms. The fourth-order valence-electron chi connectivity index (χ4n) is 2.55. The number of nitro groups is 1. The topological polar surface area (TPSA) is 133 Å². The van der Waals surface area contributed by atoms with Crippen LogP contribution in [0.5, 0.6) is 5.75 Å². The first-order valence-corrected chi connectivity index (χ1v) is 9.42. The van der Waals surface area contributed by atoms with E-state index in [2.05, 4.69) is 9.71 Å². The number of ether oxygens (including phenoxy) is 1. The zero-order chi connectivity index (χ0) is 19.8. The molecular weight excluding hydrogens is 376 g/mol. The van der Waals surface area contributed by atoms with Crippen molar-refractivity contribution in [2.24, 2.45) is 0 Å². The molecule has 11 heteroatoms. The average Bonchev–Trinajstić information content (AvgIpc) is 2.97. The van der Waals surface area contributed by atoms with Crippen molar-refractivity contribution in [3.63, 3.8) is 0 Å². The van der Waals surface area contributed by atoms with E-state index in [0.29, 0.717) is 5.52 Å². The zero-order valence-electron chi connectivity index (χ0n) is 14.2. The summed E-state index contributed by atoms with van der Waals surface area (Å²) in [7, 11) is -2.34. The summed E-state index contributed by atoms with van der Waals surface area (Å²) in [4.78, 5) is 27.4. The molecule has 10 nitrogen and oxygen atoms in total. The minimum Gasteiger partial charge on any atom is -0.490 e. The van der Waals surface area contributed by atoms with Gasteiger partial charge in [-0.05, 0) is 24.3 Å². The van der Waals surface area contributed by atoms with E-state index in [1.54, 1.807) is 24.4 Å². The number of ketones is 1. The number of nitrogens with one attached hydrogen (secondary N) is 1. The molecule has 3 rings (SSSR count). The normalized spacial score (nSPS) is 11.3. The number of carbonyl (C=O) groups excluding carboxylic acids is 1. The van der Waals surface area contributed by atoms with Gasteiger partial charge in [0.1, 0.15) is 0 Å². The van der Waals surface area contributed by atoms with E-state index in [0.717, 1.165) is 12.3 Å². The maximum atomic E-state index is 12.9. The lowest BCUT2D eigenvalue weighted by molar-refractivity contribution is -0.385. The van der Waals surface area contributed by atoms with Crippen LogP contribution in [0.1, 0.15) is 16.2 Å². The molecule has 2 heterocycles. The van der Waals surface area contributed by atoms with Gasteiger partial charge in [-0.3, -0.25) is 24.0 Å². The predicted octanol–water partition coefficient (Wildman–Crippen LogP) is 1.85. The van der Waals surface area contributed by atoms with E-state index in [9.17, 15) is 23.3 Å². The number of rotatable bonds is 6. The molecule has 27 heavy (non-hydrogen) atoms. The molecule has 0 aliphatic carbocycles. The molecule has 2 aromatic heterocycles. The number of aromatic nitrogens is 2. The molecule has 0 aliphatic heterocycles. The highest BCUT2D eigenvalue weighted by atomic mass is 32.2. The smallest absolute Gasteiger partial charge is 0.310 e. The maximum absolute atomic E-state index is 12.9. The first-order chi connectivity index (χ1) is 12.7. The lowest BCUT2D eigenvalue weighted by Gasteiger charge is -2.04. The van der Waals surface area contributed by atoms with Crippen LogP contribution in [0.2, 0.25) is 0 Å². The molecule has 1 N–H and O–H groups in total. The van der Waals surface area contributed by atoms with E-state index in [1.807, 2.05) is 0 Å². The van der Waals surface area contributed by atoms with Crippen molar-refractivity contribution in [3.8, 4) is 5.75 Å². The Labute approximate surface area is 153 Å². The van der Waals surface area contributed by atoms with Crippen molar-refractivity contribution in [2.45, 2.75) is 0 Å². The Morgan fingerprint density at radius 1 is 1.30 bits per heavy atom. The number of benzene rings is 1. The van der Waals surface area contributed by atoms with Gasteiger partial charge >= 0.3 is 5.69 Å². The first kappa shape index (κ1) is 18.3. The Morgan fingerprint density at radius 3 is 2.67 bits per heavy atom. The molecule has 0 atom stereocenters. The standard InChI is InChI=1S/C16H14N4O6S/c1-26-13-9-10(6-7-11(13)20(22)23)14(21)16-17-15(18-27(2,24)25)12-5-3-4-8-19(12)16/h3-9,18H,1-2H3. The number of hydrogen-bond donors (Lipinski definition) is 1. The van der Waals surface area contributed by atoms with Crippen LogP contribution >= 0.6 is 0 Å². The number of carbonyl (C=O) groups is 1. The van der Waals surface area contributed by atoms with Gasteiger partial charge in [0.15, 0.2) is 17.4 Å². The molecular formula is C16H14N4O6S. The first-order valence-electron chi connectivity index (χ1n) is 7.53. The summed E-state index contributed by atoms with van der Waals surface area (Å²) in [6, 6.07) is 8.63. The number of nitro benzene ring substituents is 1. The Kier molecular flexibility index (Phi) is 4.54. The summed E-state index contributed by atoms with van der Waals surface area (Å²) in [6.07, 6.45) is 2.54. The van der Waals surface area contributed by atoms with Crippen molar-refractivity contribution in [1.82, 2.24) is 9.38 Å². The van der Waals surface area contributed by atoms with Crippen LogP contribution in [-0.2, 0) is 10.0 Å². The predicted molar refractivity (Wildman–Crippen MR) is 96.7 cm³/mol. The number of hydrogen-bond acceptors (Lipinski definition) is 7. The molecule has 0 amide bonds. The summed E-state index contributed by atoms with van der Waals surface area (Å²) >= 11 is 0. The van der Waals surface area contributed by atoms with Crippen LogP contribution in [0.4, 0.5) is 11.5 Å². The van der Waals surface area contributed by atoms with Crippen LogP contribution in [0.3, 0.4) is 0 Å². The van der Waals surface area contributed by atoms with E-state index >= 15 is 0 Å². The molecule has 0 radical (unpaired) electrons. The minimum absolute atomic E-state index is 0.00956. The number of nitrogens with zero attached hydrogens (tertiary/aromatic N) is 3. The van der Waals surface area contributed by atoms with Crippen LogP contribution in [-0.4, -0.2) is 41.9 Å². The maximum Gasteiger partial charge on any atom is 0.310 e. The molecule has 0 spiro atoms. The van der Waals surface area contributed by atoms with Crippen LogP contribution < -0.4 is 9.46 Å². The highest BCUT2D eigenvalue weighted by Crippen LogP contribution is 2.29. The highest BCUT2D eigenvalue weighted by molar-refractivity contribution is 7.92. The molecule has 0 saturated heterocycles. The second-order valence-corrected chi connectivity index (χ2v) is 7.34.